The van der Waals surface area contributed by atoms with E-state index in [2.05, 4.69) is 348 Å². The minimum atomic E-state index is -0.255. The number of fused-ring (bicyclic) bond motifs is 5. The molecule has 0 N–H and O–H groups in total. The van der Waals surface area contributed by atoms with Gasteiger partial charge < -0.3 is 14.2 Å². The zero-order chi connectivity index (χ0) is 60.6. The standard InChI is InChI=1S/C84H78N2O/c1-81(2,3)65-35-43-69(44-36-65)85(67-39-29-57(30-40-67)61-27-19-25-59(49-61)55-21-15-13-16-22-55)75-47-33-63-51-73-74-52-64-34-48-76(80(84(10,11)12)72(64)54-78(74)87-77(73)53-71(63)79(75)83(7,8)9)86(70-45-37-66(38-46-70)82(4,5)6)68-41-31-58(32-42-68)62-28-20-26-60(50-62)56-23-17-14-18-24-56/h13-54H,1-12H3. The Morgan fingerprint density at radius 1 is 0.241 bits per heavy atom. The van der Waals surface area contributed by atoms with Gasteiger partial charge >= 0.3 is 0 Å². The summed E-state index contributed by atoms with van der Waals surface area (Å²) >= 11 is 0. The maximum atomic E-state index is 7.19. The Bertz CT molecular complexity index is 4360. The second-order valence-electron chi connectivity index (χ2n) is 27.9. The average molecular weight is 1130 g/mol. The van der Waals surface area contributed by atoms with Gasteiger partial charge in [0, 0.05) is 33.5 Å². The van der Waals surface area contributed by atoms with Gasteiger partial charge in [0.2, 0.25) is 0 Å². The summed E-state index contributed by atoms with van der Waals surface area (Å²) in [6.45, 7) is 27.8. The van der Waals surface area contributed by atoms with Gasteiger partial charge in [-0.2, -0.15) is 0 Å². The molecule has 1 heterocycles. The first-order valence-corrected chi connectivity index (χ1v) is 30.9. The smallest absolute Gasteiger partial charge is 0.136 e. The van der Waals surface area contributed by atoms with Crippen molar-refractivity contribution in [1.29, 1.82) is 0 Å². The number of hydrogen-bond donors (Lipinski definition) is 0. The normalized spacial score (nSPS) is 12.4. The zero-order valence-corrected chi connectivity index (χ0v) is 52.6. The Kier molecular flexibility index (Phi) is 14.2. The van der Waals surface area contributed by atoms with Crippen LogP contribution in [0.25, 0.3) is 88.0 Å². The maximum Gasteiger partial charge on any atom is 0.136 e. The number of benzene rings is 12. The highest BCUT2D eigenvalue weighted by Crippen LogP contribution is 2.50. The predicted octanol–water partition coefficient (Wildman–Crippen LogP) is 24.7. The number of furan rings is 1. The van der Waals surface area contributed by atoms with E-state index in [-0.39, 0.29) is 21.7 Å². The molecule has 13 aromatic rings. The van der Waals surface area contributed by atoms with Crippen molar-refractivity contribution in [3.05, 3.63) is 277 Å². The van der Waals surface area contributed by atoms with E-state index in [1.807, 2.05) is 0 Å². The lowest BCUT2D eigenvalue weighted by atomic mass is 9.81. The van der Waals surface area contributed by atoms with Crippen molar-refractivity contribution >= 4 is 77.6 Å². The van der Waals surface area contributed by atoms with Crippen LogP contribution in [0.2, 0.25) is 0 Å². The molecule has 0 bridgehead atoms. The fourth-order valence-electron chi connectivity index (χ4n) is 13.0. The third kappa shape index (κ3) is 11.0. The summed E-state index contributed by atoms with van der Waals surface area (Å²) in [6, 6.07) is 94.3. The van der Waals surface area contributed by atoms with E-state index in [9.17, 15) is 0 Å². The van der Waals surface area contributed by atoms with Gasteiger partial charge in [0.05, 0.1) is 11.4 Å². The lowest BCUT2D eigenvalue weighted by Gasteiger charge is -2.33. The molecule has 3 nitrogen and oxygen atoms in total. The van der Waals surface area contributed by atoms with Crippen molar-refractivity contribution in [1.82, 2.24) is 0 Å². The second-order valence-corrected chi connectivity index (χ2v) is 27.9. The second kappa shape index (κ2) is 21.8. The Morgan fingerprint density at radius 3 is 0.851 bits per heavy atom. The summed E-state index contributed by atoms with van der Waals surface area (Å²) < 4.78 is 7.19. The SMILES string of the molecule is CC(C)(C)c1ccc(N(c2ccc(-c3cccc(-c4ccccc4)c3)cc2)c2ccc3cc4c(cc3c2C(C)(C)C)oc2cc3c(C(C)(C)C)c(N(c5ccc(-c6cccc(-c7ccccc7)c6)cc5)c5ccc(C(C)(C)C)cc5)ccc3cc24)cc1. The highest BCUT2D eigenvalue weighted by molar-refractivity contribution is 6.15. The van der Waals surface area contributed by atoms with E-state index in [0.29, 0.717) is 0 Å². The number of nitrogens with zero attached hydrogens (tertiary/aromatic N) is 2. The molecule has 0 amide bonds. The van der Waals surface area contributed by atoms with Crippen molar-refractivity contribution in [3.63, 3.8) is 0 Å². The highest BCUT2D eigenvalue weighted by atomic mass is 16.3. The summed E-state index contributed by atoms with van der Waals surface area (Å²) in [4.78, 5) is 4.92. The molecule has 3 heteroatoms. The van der Waals surface area contributed by atoms with Crippen LogP contribution in [0, 0.1) is 0 Å². The van der Waals surface area contributed by atoms with Crippen molar-refractivity contribution in [2.75, 3.05) is 9.80 Å². The minimum Gasteiger partial charge on any atom is -0.456 e. The van der Waals surface area contributed by atoms with Crippen LogP contribution in [0.1, 0.15) is 105 Å². The van der Waals surface area contributed by atoms with Crippen molar-refractivity contribution in [2.45, 2.75) is 105 Å². The molecule has 0 aliphatic rings. The molecule has 87 heavy (non-hydrogen) atoms. The van der Waals surface area contributed by atoms with E-state index in [1.54, 1.807) is 0 Å². The molecule has 0 fully saturated rings. The average Bonchev–Trinajstić information content (AvgIpc) is 1.81. The number of hydrogen-bond acceptors (Lipinski definition) is 3. The predicted molar refractivity (Wildman–Crippen MR) is 375 cm³/mol. The lowest BCUT2D eigenvalue weighted by molar-refractivity contribution is 0.590. The molecule has 13 rings (SSSR count). The molecule has 1 aromatic heterocycles. The number of anilines is 6. The van der Waals surface area contributed by atoms with Gasteiger partial charge in [-0.25, -0.2) is 0 Å². The van der Waals surface area contributed by atoms with Gasteiger partial charge in [0.25, 0.3) is 0 Å². The van der Waals surface area contributed by atoms with E-state index < -0.39 is 0 Å². The molecule has 0 atom stereocenters. The fourth-order valence-corrected chi connectivity index (χ4v) is 13.0. The van der Waals surface area contributed by atoms with Crippen LogP contribution < -0.4 is 9.80 Å². The van der Waals surface area contributed by atoms with Crippen LogP contribution in [0.15, 0.2) is 259 Å². The lowest BCUT2D eigenvalue weighted by Crippen LogP contribution is -2.20. The molecule has 430 valence electrons. The van der Waals surface area contributed by atoms with Crippen LogP contribution in [0.5, 0.6) is 0 Å². The summed E-state index contributed by atoms with van der Waals surface area (Å²) in [6.07, 6.45) is 0. The van der Waals surface area contributed by atoms with Crippen LogP contribution >= 0.6 is 0 Å². The molecule has 0 saturated heterocycles. The maximum absolute atomic E-state index is 7.19. The van der Waals surface area contributed by atoms with Gasteiger partial charge in [-0.3, -0.25) is 0 Å². The molecular formula is C84H78N2O. The third-order valence-corrected chi connectivity index (χ3v) is 17.5. The topological polar surface area (TPSA) is 19.6 Å². The first-order valence-electron chi connectivity index (χ1n) is 30.9. The largest absolute Gasteiger partial charge is 0.456 e. The molecule has 0 aliphatic heterocycles. The van der Waals surface area contributed by atoms with Crippen LogP contribution in [-0.4, -0.2) is 0 Å². The molecule has 0 spiro atoms. The number of rotatable bonds is 10. The Morgan fingerprint density at radius 2 is 0.540 bits per heavy atom. The Labute approximate surface area is 515 Å². The van der Waals surface area contributed by atoms with Gasteiger partial charge in [0.1, 0.15) is 11.2 Å². The Balaban J connectivity index is 0.937. The van der Waals surface area contributed by atoms with Gasteiger partial charge in [-0.1, -0.05) is 241 Å². The van der Waals surface area contributed by atoms with Crippen LogP contribution in [-0.2, 0) is 21.7 Å². The molecule has 12 aromatic carbocycles. The zero-order valence-electron chi connectivity index (χ0n) is 52.6. The van der Waals surface area contributed by atoms with E-state index in [1.165, 1.54) is 88.3 Å². The van der Waals surface area contributed by atoms with Crippen LogP contribution in [0.4, 0.5) is 34.1 Å². The molecular weight excluding hydrogens is 1050 g/mol. The quantitative estimate of drug-likeness (QED) is 0.136. The monoisotopic (exact) mass is 1130 g/mol. The third-order valence-electron chi connectivity index (χ3n) is 17.5. The first-order chi connectivity index (χ1) is 41.6. The molecule has 0 unspecified atom stereocenters. The van der Waals surface area contributed by atoms with Gasteiger partial charge in [-0.15, -0.1) is 0 Å². The minimum absolute atomic E-state index is 0.0173. The fraction of sp³-hybridized carbons (Fsp3) is 0.190. The summed E-state index contributed by atoms with van der Waals surface area (Å²) in [5, 5.41) is 6.97. The highest BCUT2D eigenvalue weighted by Gasteiger charge is 2.30. The van der Waals surface area contributed by atoms with Crippen molar-refractivity contribution < 1.29 is 4.42 Å². The summed E-state index contributed by atoms with van der Waals surface area (Å²) in [5.41, 5.74) is 22.7. The van der Waals surface area contributed by atoms with E-state index in [0.717, 1.165) is 56.1 Å². The summed E-state index contributed by atoms with van der Waals surface area (Å²) in [7, 11) is 0. The van der Waals surface area contributed by atoms with E-state index in [4.69, 9.17) is 4.42 Å². The molecule has 0 aliphatic carbocycles. The first kappa shape index (κ1) is 56.7. The molecule has 0 radical (unpaired) electrons. The van der Waals surface area contributed by atoms with Crippen molar-refractivity contribution in [3.8, 4) is 44.5 Å². The Hall–Kier alpha value is -9.44. The van der Waals surface area contributed by atoms with Crippen LogP contribution in [0.3, 0.4) is 0 Å². The van der Waals surface area contributed by atoms with E-state index >= 15 is 0 Å². The van der Waals surface area contributed by atoms with Gasteiger partial charge in [-0.05, 0) is 207 Å². The van der Waals surface area contributed by atoms with Crippen molar-refractivity contribution in [2.24, 2.45) is 0 Å². The summed E-state index contributed by atoms with van der Waals surface area (Å²) in [5.74, 6) is 0. The van der Waals surface area contributed by atoms with Gasteiger partial charge in [0.15, 0.2) is 0 Å². The molecule has 0 saturated carbocycles.